The van der Waals surface area contributed by atoms with Crippen molar-refractivity contribution in [1.29, 1.82) is 0 Å². The molecule has 1 N–H and O–H groups in total. The molecule has 0 aliphatic carbocycles. The third-order valence-corrected chi connectivity index (χ3v) is 13.4. The quantitative estimate of drug-likeness (QED) is 0.214. The summed E-state index contributed by atoms with van der Waals surface area (Å²) >= 11 is 0.545. The Kier molecular flexibility index (Phi) is 11.2. The average Bonchev–Trinajstić information content (AvgIpc) is 3.47. The van der Waals surface area contributed by atoms with Crippen molar-refractivity contribution in [2.75, 3.05) is 6.54 Å². The van der Waals surface area contributed by atoms with Crippen molar-refractivity contribution in [3.05, 3.63) is 71.3 Å². The second kappa shape index (κ2) is 14.8. The maximum Gasteiger partial charge on any atom is 0.308 e. The van der Waals surface area contributed by atoms with E-state index < -0.39 is 49.0 Å². The lowest BCUT2D eigenvalue weighted by molar-refractivity contribution is -0.134. The van der Waals surface area contributed by atoms with E-state index >= 15 is 0 Å². The number of carbonyl (C=O) groups excluding carboxylic acids is 4. The summed E-state index contributed by atoms with van der Waals surface area (Å²) in [6, 6.07) is 13.9. The van der Waals surface area contributed by atoms with Crippen LogP contribution in [-0.4, -0.2) is 57.3 Å². The fourth-order valence-corrected chi connectivity index (χ4v) is 10.4. The first-order valence-corrected chi connectivity index (χ1v) is 18.7. The van der Waals surface area contributed by atoms with Gasteiger partial charge in [-0.25, -0.2) is 21.6 Å². The second-order valence-electron chi connectivity index (χ2n) is 11.0. The average molecular weight is 705 g/mol. The smallest absolute Gasteiger partial charge is 0.308 e. The molecule has 0 saturated heterocycles. The Morgan fingerprint density at radius 2 is 1.45 bits per heavy atom. The molecule has 12 nitrogen and oxygen atoms in total. The highest BCUT2D eigenvalue weighted by Gasteiger charge is 2.42. The monoisotopic (exact) mass is 704 g/mol. The number of carbonyl (C=O) groups is 4. The Balaban J connectivity index is 1.54. The van der Waals surface area contributed by atoms with Crippen LogP contribution in [0.4, 0.5) is 0 Å². The highest BCUT2D eigenvalue weighted by atomic mass is 32.3. The van der Waals surface area contributed by atoms with Gasteiger partial charge in [0.25, 0.3) is 10.0 Å². The number of sulfone groups is 1. The van der Waals surface area contributed by atoms with Crippen molar-refractivity contribution in [2.24, 2.45) is 0 Å². The van der Waals surface area contributed by atoms with Gasteiger partial charge in [-0.15, -0.1) is 11.3 Å². The Morgan fingerprint density at radius 1 is 0.915 bits per heavy atom. The van der Waals surface area contributed by atoms with Gasteiger partial charge >= 0.3 is 11.9 Å². The molecule has 1 aliphatic heterocycles. The summed E-state index contributed by atoms with van der Waals surface area (Å²) in [5.74, 6) is -1.55. The van der Waals surface area contributed by atoms with Gasteiger partial charge in [0.1, 0.15) is 19.9 Å². The molecule has 0 saturated carbocycles. The molecule has 2 atom stereocenters. The highest BCUT2D eigenvalue weighted by molar-refractivity contribution is 7.95. The van der Waals surface area contributed by atoms with Crippen LogP contribution >= 0.6 is 11.3 Å². The Hall–Kier alpha value is -4.08. The molecule has 2 heterocycles. The van der Waals surface area contributed by atoms with Crippen LogP contribution in [-0.2, 0) is 51.9 Å². The summed E-state index contributed by atoms with van der Waals surface area (Å²) in [6.45, 7) is 6.02. The van der Waals surface area contributed by atoms with Gasteiger partial charge in [-0.2, -0.15) is 0 Å². The minimum Gasteiger partial charge on any atom is -0.426 e. The van der Waals surface area contributed by atoms with E-state index in [1.54, 1.807) is 55.5 Å². The number of nitrogens with one attached hydrogen (secondary N) is 1. The summed E-state index contributed by atoms with van der Waals surface area (Å²) in [5, 5.41) is -0.896. The predicted octanol–water partition coefficient (Wildman–Crippen LogP) is 4.12. The van der Waals surface area contributed by atoms with Crippen LogP contribution in [0.5, 0.6) is 11.5 Å². The molecule has 0 radical (unpaired) electrons. The highest BCUT2D eigenvalue weighted by Crippen LogP contribution is 2.45. The van der Waals surface area contributed by atoms with Gasteiger partial charge in [0.2, 0.25) is 11.8 Å². The molecule has 4 rings (SSSR count). The lowest BCUT2D eigenvalue weighted by atomic mass is 10.0. The summed E-state index contributed by atoms with van der Waals surface area (Å²) in [6.07, 6.45) is 0.180. The van der Waals surface area contributed by atoms with Crippen molar-refractivity contribution in [1.82, 2.24) is 9.62 Å². The van der Waals surface area contributed by atoms with E-state index in [1.807, 2.05) is 4.72 Å². The Labute approximate surface area is 278 Å². The molecule has 1 aliphatic rings. The largest absolute Gasteiger partial charge is 0.426 e. The first-order valence-electron chi connectivity index (χ1n) is 14.9. The van der Waals surface area contributed by atoms with Gasteiger partial charge in [0.15, 0.2) is 9.84 Å². The number of nitrogens with zero attached hydrogens (tertiary/aromatic N) is 1. The molecule has 0 spiro atoms. The van der Waals surface area contributed by atoms with Gasteiger partial charge in [0.05, 0.1) is 11.3 Å². The summed E-state index contributed by atoms with van der Waals surface area (Å²) in [4.78, 5) is 50.7. The summed E-state index contributed by atoms with van der Waals surface area (Å²) in [5.41, 5.74) is 1.37. The number of amides is 2. The SMILES string of the molecule is CCN(C(=O)CCc1ccccc1OC(C)=O)[C@H]1C[C@H](C)S(=O)(=O)c2sc(S(=O)(=O)NC(=O)CCc3ccccc3OC(C)=O)cc21. The van der Waals surface area contributed by atoms with Gasteiger partial charge in [-0.1, -0.05) is 36.4 Å². The molecule has 0 bridgehead atoms. The zero-order chi connectivity index (χ0) is 34.5. The zero-order valence-corrected chi connectivity index (χ0v) is 28.8. The zero-order valence-electron chi connectivity index (χ0n) is 26.3. The van der Waals surface area contributed by atoms with Crippen molar-refractivity contribution in [3.63, 3.8) is 0 Å². The minimum absolute atomic E-state index is 0.0328. The molecular formula is C32H36N2O10S3. The van der Waals surface area contributed by atoms with Crippen LogP contribution in [0.1, 0.15) is 69.7 Å². The number of ether oxygens (including phenoxy) is 2. The number of fused-ring (bicyclic) bond motifs is 1. The normalized spacial score (nSPS) is 16.9. The van der Waals surface area contributed by atoms with Crippen molar-refractivity contribution in [2.45, 2.75) is 79.5 Å². The number of thiophene rings is 1. The molecule has 3 aromatic rings. The van der Waals surface area contributed by atoms with E-state index in [0.717, 1.165) is 0 Å². The maximum absolute atomic E-state index is 13.5. The van der Waals surface area contributed by atoms with E-state index in [1.165, 1.54) is 31.7 Å². The van der Waals surface area contributed by atoms with Gasteiger partial charge in [-0.3, -0.25) is 19.2 Å². The van der Waals surface area contributed by atoms with E-state index in [4.69, 9.17) is 9.47 Å². The molecule has 0 unspecified atom stereocenters. The van der Waals surface area contributed by atoms with Crippen LogP contribution in [0.2, 0.25) is 0 Å². The van der Waals surface area contributed by atoms with Gasteiger partial charge in [-0.05, 0) is 62.4 Å². The fourth-order valence-electron chi connectivity index (χ4n) is 5.38. The third kappa shape index (κ3) is 8.45. The topological polar surface area (TPSA) is 170 Å². The second-order valence-corrected chi connectivity index (χ2v) is 16.5. The minimum atomic E-state index is -4.47. The number of hydrogen-bond donors (Lipinski definition) is 1. The molecule has 15 heteroatoms. The number of aryl methyl sites for hydroxylation is 2. The fraction of sp³-hybridized carbons (Fsp3) is 0.375. The lowest BCUT2D eigenvalue weighted by Crippen LogP contribution is -2.40. The van der Waals surface area contributed by atoms with Gasteiger partial charge < -0.3 is 14.4 Å². The van der Waals surface area contributed by atoms with Crippen LogP contribution in [0.25, 0.3) is 0 Å². The molecule has 2 aromatic carbocycles. The Bertz CT molecular complexity index is 1900. The van der Waals surface area contributed by atoms with Crippen molar-refractivity contribution >= 4 is 55.0 Å². The molecule has 2 amide bonds. The number of para-hydroxylation sites is 2. The molecule has 0 fully saturated rings. The Morgan fingerprint density at radius 3 is 1.98 bits per heavy atom. The van der Waals surface area contributed by atoms with Crippen LogP contribution in [0.15, 0.2) is 63.0 Å². The van der Waals surface area contributed by atoms with E-state index in [2.05, 4.69) is 0 Å². The molecule has 252 valence electrons. The van der Waals surface area contributed by atoms with E-state index in [9.17, 15) is 36.0 Å². The standard InChI is InChI=1S/C32H36N2O10S3/c1-5-34(30(38)17-15-24-11-7-9-13-28(24)44-22(4)36)26-18-20(2)46(39,40)32-25(26)19-31(45-32)47(41,42)33-29(37)16-14-23-10-6-8-12-27(23)43-21(3)35/h6-13,19-20,26H,5,14-18H2,1-4H3,(H,33,37)/t20-,26-/m0/s1. The number of sulfonamides is 1. The summed E-state index contributed by atoms with van der Waals surface area (Å²) < 4.78 is 65.2. The van der Waals surface area contributed by atoms with Crippen LogP contribution in [0.3, 0.4) is 0 Å². The molecule has 1 aromatic heterocycles. The van der Waals surface area contributed by atoms with Crippen molar-refractivity contribution in [3.8, 4) is 11.5 Å². The maximum atomic E-state index is 13.5. The van der Waals surface area contributed by atoms with Crippen LogP contribution < -0.4 is 14.2 Å². The predicted molar refractivity (Wildman–Crippen MR) is 173 cm³/mol. The molecule has 47 heavy (non-hydrogen) atoms. The number of esters is 2. The number of hydrogen-bond acceptors (Lipinski definition) is 11. The van der Waals surface area contributed by atoms with Crippen LogP contribution in [0, 0.1) is 0 Å². The first kappa shape index (κ1) is 35.8. The first-order chi connectivity index (χ1) is 22.1. The van der Waals surface area contributed by atoms with E-state index in [-0.39, 0.29) is 64.3 Å². The number of rotatable bonds is 12. The van der Waals surface area contributed by atoms with Crippen molar-refractivity contribution < 1.29 is 45.5 Å². The van der Waals surface area contributed by atoms with Gasteiger partial charge in [0, 0.05) is 38.8 Å². The molecular weight excluding hydrogens is 669 g/mol. The summed E-state index contributed by atoms with van der Waals surface area (Å²) in [7, 11) is -8.38. The third-order valence-electron chi connectivity index (χ3n) is 7.64. The lowest BCUT2D eigenvalue weighted by Gasteiger charge is -2.36. The number of benzene rings is 2. The van der Waals surface area contributed by atoms with E-state index in [0.29, 0.717) is 28.2 Å².